The number of benzene rings is 2. The van der Waals surface area contributed by atoms with Gasteiger partial charge in [-0.2, -0.15) is 0 Å². The van der Waals surface area contributed by atoms with Gasteiger partial charge in [0.2, 0.25) is 11.8 Å². The van der Waals surface area contributed by atoms with Crippen LogP contribution in [0.1, 0.15) is 44.2 Å². The topological polar surface area (TPSA) is 47.1 Å². The Bertz CT molecular complexity index is 987. The van der Waals surface area contributed by atoms with Gasteiger partial charge < -0.3 is 9.80 Å². The molecule has 186 valence electrons. The van der Waals surface area contributed by atoms with Gasteiger partial charge in [-0.25, -0.2) is 0 Å². The number of hydrogen-bond acceptors (Lipinski definition) is 4. The molecule has 0 spiro atoms. The number of amides is 2. The van der Waals surface area contributed by atoms with E-state index in [2.05, 4.69) is 60.0 Å². The Kier molecular flexibility index (Phi) is 7.21. The van der Waals surface area contributed by atoms with E-state index in [-0.39, 0.29) is 23.9 Å². The Balaban J connectivity index is 1.19. The van der Waals surface area contributed by atoms with E-state index in [4.69, 9.17) is 0 Å². The molecule has 3 aliphatic rings. The minimum absolute atomic E-state index is 0.188. The maximum atomic E-state index is 13.4. The summed E-state index contributed by atoms with van der Waals surface area (Å²) < 4.78 is 0. The predicted octanol–water partition coefficient (Wildman–Crippen LogP) is 3.73. The number of para-hydroxylation sites is 2. The Morgan fingerprint density at radius 3 is 1.57 bits per heavy atom. The fourth-order valence-corrected chi connectivity index (χ4v) is 6.01. The monoisotopic (exact) mass is 474 g/mol. The smallest absolute Gasteiger partial charge is 0.241 e. The van der Waals surface area contributed by atoms with Crippen LogP contribution in [0.25, 0.3) is 0 Å². The van der Waals surface area contributed by atoms with Crippen LogP contribution in [0.15, 0.2) is 48.5 Å². The second kappa shape index (κ2) is 10.5. The summed E-state index contributed by atoms with van der Waals surface area (Å²) >= 11 is 0. The van der Waals surface area contributed by atoms with Crippen LogP contribution in [0.2, 0.25) is 0 Å². The molecule has 5 rings (SSSR count). The van der Waals surface area contributed by atoms with E-state index < -0.39 is 0 Å². The lowest BCUT2D eigenvalue weighted by molar-refractivity contribution is -0.121. The number of nitrogens with zero attached hydrogens (tertiary/aromatic N) is 4. The van der Waals surface area contributed by atoms with E-state index in [1.54, 1.807) is 0 Å². The Labute approximate surface area is 209 Å². The van der Waals surface area contributed by atoms with Gasteiger partial charge in [0.25, 0.3) is 0 Å². The van der Waals surface area contributed by atoms with Crippen molar-refractivity contribution < 1.29 is 9.59 Å². The highest BCUT2D eigenvalue weighted by atomic mass is 16.2. The summed E-state index contributed by atoms with van der Waals surface area (Å²) in [4.78, 5) is 35.3. The average molecular weight is 475 g/mol. The summed E-state index contributed by atoms with van der Waals surface area (Å²) in [6, 6.07) is 17.1. The fraction of sp³-hybridized carbons (Fsp3) is 0.517. The van der Waals surface area contributed by atoms with Crippen LogP contribution in [0.4, 0.5) is 11.4 Å². The standard InChI is InChI=1S/C29H38N4O2/c1-22-12-14-24-8-3-5-10-26(24)32(22)28(34)20-30-16-7-17-31(19-18-30)21-29(35)33-23(2)13-15-25-9-4-6-11-27(25)33/h3-6,8-11,22-23H,7,12-21H2,1-2H3. The molecule has 0 aliphatic carbocycles. The molecule has 2 amide bonds. The molecule has 1 saturated heterocycles. The summed E-state index contributed by atoms with van der Waals surface area (Å²) in [6.45, 7) is 8.61. The number of aryl methyl sites for hydroxylation is 2. The highest BCUT2D eigenvalue weighted by molar-refractivity contribution is 5.97. The van der Waals surface area contributed by atoms with Gasteiger partial charge in [-0.1, -0.05) is 36.4 Å². The van der Waals surface area contributed by atoms with E-state index in [0.29, 0.717) is 13.1 Å². The van der Waals surface area contributed by atoms with Crippen molar-refractivity contribution in [3.05, 3.63) is 59.7 Å². The van der Waals surface area contributed by atoms with Crippen LogP contribution < -0.4 is 9.80 Å². The third kappa shape index (κ3) is 5.14. The molecule has 2 aromatic carbocycles. The highest BCUT2D eigenvalue weighted by Gasteiger charge is 2.31. The fourth-order valence-electron chi connectivity index (χ4n) is 6.01. The van der Waals surface area contributed by atoms with Gasteiger partial charge >= 0.3 is 0 Å². The number of fused-ring (bicyclic) bond motifs is 2. The molecule has 0 aromatic heterocycles. The second-order valence-electron chi connectivity index (χ2n) is 10.5. The lowest BCUT2D eigenvalue weighted by atomic mass is 9.96. The first-order valence-electron chi connectivity index (χ1n) is 13.3. The zero-order valence-electron chi connectivity index (χ0n) is 21.2. The van der Waals surface area contributed by atoms with Gasteiger partial charge in [-0.15, -0.1) is 0 Å². The summed E-state index contributed by atoms with van der Waals surface area (Å²) in [5, 5.41) is 0. The summed E-state index contributed by atoms with van der Waals surface area (Å²) in [5.41, 5.74) is 4.70. The largest absolute Gasteiger partial charge is 0.308 e. The molecule has 0 N–H and O–H groups in total. The molecule has 3 heterocycles. The average Bonchev–Trinajstić information content (AvgIpc) is 3.08. The minimum atomic E-state index is 0.188. The van der Waals surface area contributed by atoms with E-state index in [1.807, 2.05) is 21.9 Å². The lowest BCUT2D eigenvalue weighted by Gasteiger charge is -2.37. The molecule has 3 aliphatic heterocycles. The van der Waals surface area contributed by atoms with Crippen LogP contribution in [-0.4, -0.2) is 73.0 Å². The quantitative estimate of drug-likeness (QED) is 0.678. The SMILES string of the molecule is CC1CCc2ccccc2N1C(=O)CN1CCCN(CC(=O)N2c3ccccc3CCC2C)CC1. The van der Waals surface area contributed by atoms with Crippen molar-refractivity contribution in [3.8, 4) is 0 Å². The van der Waals surface area contributed by atoms with Crippen molar-refractivity contribution in [3.63, 3.8) is 0 Å². The van der Waals surface area contributed by atoms with Crippen molar-refractivity contribution in [2.24, 2.45) is 0 Å². The summed E-state index contributed by atoms with van der Waals surface area (Å²) in [7, 11) is 0. The zero-order valence-corrected chi connectivity index (χ0v) is 21.2. The van der Waals surface area contributed by atoms with Crippen molar-refractivity contribution in [2.75, 3.05) is 49.1 Å². The van der Waals surface area contributed by atoms with Crippen LogP contribution in [0, 0.1) is 0 Å². The van der Waals surface area contributed by atoms with Crippen molar-refractivity contribution >= 4 is 23.2 Å². The molecule has 2 unspecified atom stereocenters. The third-order valence-electron chi connectivity index (χ3n) is 7.98. The van der Waals surface area contributed by atoms with Gasteiger partial charge in [0, 0.05) is 36.5 Å². The van der Waals surface area contributed by atoms with Crippen molar-refractivity contribution in [1.82, 2.24) is 9.80 Å². The molecular weight excluding hydrogens is 436 g/mol. The molecule has 2 atom stereocenters. The van der Waals surface area contributed by atoms with Crippen LogP contribution in [0.5, 0.6) is 0 Å². The Morgan fingerprint density at radius 1 is 0.686 bits per heavy atom. The van der Waals surface area contributed by atoms with E-state index >= 15 is 0 Å². The first-order chi connectivity index (χ1) is 17.0. The summed E-state index contributed by atoms with van der Waals surface area (Å²) in [5.74, 6) is 0.376. The number of rotatable bonds is 4. The lowest BCUT2D eigenvalue weighted by Crippen LogP contribution is -2.48. The van der Waals surface area contributed by atoms with Crippen LogP contribution in [0.3, 0.4) is 0 Å². The molecule has 0 saturated carbocycles. The van der Waals surface area contributed by atoms with E-state index in [0.717, 1.165) is 69.7 Å². The second-order valence-corrected chi connectivity index (χ2v) is 10.5. The zero-order chi connectivity index (χ0) is 24.4. The number of anilines is 2. The molecule has 35 heavy (non-hydrogen) atoms. The molecule has 2 aromatic rings. The predicted molar refractivity (Wildman–Crippen MR) is 141 cm³/mol. The first kappa shape index (κ1) is 24.0. The molecule has 0 radical (unpaired) electrons. The number of hydrogen-bond donors (Lipinski definition) is 0. The highest BCUT2D eigenvalue weighted by Crippen LogP contribution is 2.32. The van der Waals surface area contributed by atoms with Gasteiger partial charge in [-0.05, 0) is 82.3 Å². The molecule has 0 bridgehead atoms. The summed E-state index contributed by atoms with van der Waals surface area (Å²) in [6.07, 6.45) is 5.06. The number of carbonyl (C=O) groups is 2. The molecule has 6 nitrogen and oxygen atoms in total. The van der Waals surface area contributed by atoms with Gasteiger partial charge in [0.1, 0.15) is 0 Å². The van der Waals surface area contributed by atoms with Crippen LogP contribution >= 0.6 is 0 Å². The molecule has 1 fully saturated rings. The van der Waals surface area contributed by atoms with Gasteiger partial charge in [0.15, 0.2) is 0 Å². The maximum absolute atomic E-state index is 13.4. The maximum Gasteiger partial charge on any atom is 0.241 e. The van der Waals surface area contributed by atoms with Crippen molar-refractivity contribution in [1.29, 1.82) is 0 Å². The Morgan fingerprint density at radius 2 is 1.11 bits per heavy atom. The van der Waals surface area contributed by atoms with Crippen molar-refractivity contribution in [2.45, 2.75) is 58.0 Å². The van der Waals surface area contributed by atoms with E-state index in [9.17, 15) is 9.59 Å². The van der Waals surface area contributed by atoms with Gasteiger partial charge in [-0.3, -0.25) is 19.4 Å². The van der Waals surface area contributed by atoms with Crippen LogP contribution in [-0.2, 0) is 22.4 Å². The molecule has 6 heteroatoms. The van der Waals surface area contributed by atoms with Gasteiger partial charge in [0.05, 0.1) is 13.1 Å². The Hall–Kier alpha value is -2.70. The van der Waals surface area contributed by atoms with E-state index in [1.165, 1.54) is 11.1 Å². The first-order valence-corrected chi connectivity index (χ1v) is 13.3. The minimum Gasteiger partial charge on any atom is -0.308 e. The molecular formula is C29H38N4O2. The number of carbonyl (C=O) groups excluding carboxylic acids is 2. The third-order valence-corrected chi connectivity index (χ3v) is 7.98. The normalized spacial score (nSPS) is 23.4.